The Labute approximate surface area is 176 Å². The van der Waals surface area contributed by atoms with Crippen LogP contribution in [-0.4, -0.2) is 16.9 Å². The predicted molar refractivity (Wildman–Crippen MR) is 121 cm³/mol. The third-order valence-electron chi connectivity index (χ3n) is 5.56. The summed E-state index contributed by atoms with van der Waals surface area (Å²) in [6, 6.07) is 9.83. The molecule has 0 heterocycles. The van der Waals surface area contributed by atoms with Crippen molar-refractivity contribution in [2.75, 3.05) is 0 Å². The van der Waals surface area contributed by atoms with Gasteiger partial charge in [-0.2, -0.15) is 8.78 Å². The Hall–Kier alpha value is 0.257. The zero-order valence-corrected chi connectivity index (χ0v) is 20.6. The molecule has 0 aromatic heterocycles. The highest BCUT2D eigenvalue weighted by Gasteiger charge is 2.60. The Kier molecular flexibility index (Phi) is 10.6. The van der Waals surface area contributed by atoms with Gasteiger partial charge in [0, 0.05) is 0 Å². The number of benzene rings is 1. The van der Waals surface area contributed by atoms with E-state index >= 15 is 0 Å². The molecule has 26 heavy (non-hydrogen) atoms. The lowest BCUT2D eigenvalue weighted by molar-refractivity contribution is 0.0917. The molecule has 1 unspecified atom stereocenters. The molecule has 5 heteroatoms. The molecule has 0 bridgehead atoms. The summed E-state index contributed by atoms with van der Waals surface area (Å²) >= 11 is 6.25. The molecule has 0 saturated heterocycles. The van der Waals surface area contributed by atoms with Crippen LogP contribution < -0.4 is 5.19 Å². The van der Waals surface area contributed by atoms with Gasteiger partial charge >= 0.3 is 4.83 Å². The van der Waals surface area contributed by atoms with Crippen molar-refractivity contribution in [2.45, 2.75) is 93.0 Å². The maximum atomic E-state index is 14.6. The Morgan fingerprint density at radius 1 is 0.808 bits per heavy atom. The summed E-state index contributed by atoms with van der Waals surface area (Å²) < 4.78 is 28.0. The summed E-state index contributed by atoms with van der Waals surface area (Å²) in [5.74, 6) is 0. The highest BCUT2D eigenvalue weighted by atomic mass is 79.9. The molecule has 1 atom stereocenters. The highest BCUT2D eigenvalue weighted by molar-refractivity contribution is 9.13. The zero-order chi connectivity index (χ0) is 19.7. The van der Waals surface area contributed by atoms with Crippen LogP contribution in [0.1, 0.15) is 71.1 Å². The topological polar surface area (TPSA) is 0 Å². The monoisotopic (exact) mass is 510 g/mol. The van der Waals surface area contributed by atoms with Gasteiger partial charge in [0.1, 0.15) is 8.07 Å². The molecule has 0 aliphatic carbocycles. The van der Waals surface area contributed by atoms with Gasteiger partial charge in [0.15, 0.2) is 0 Å². The fourth-order valence-corrected chi connectivity index (χ4v) is 9.22. The van der Waals surface area contributed by atoms with Gasteiger partial charge in [0.2, 0.25) is 0 Å². The molecule has 0 spiro atoms. The second-order valence-electron chi connectivity index (χ2n) is 7.87. The number of unbranched alkanes of at least 4 members (excludes halogenated alkanes) is 8. The molecule has 150 valence electrons. The smallest absolute Gasteiger partial charge is 0.193 e. The number of halogens is 4. The van der Waals surface area contributed by atoms with Gasteiger partial charge in [-0.05, 0) is 22.4 Å². The van der Waals surface area contributed by atoms with E-state index in [0.717, 1.165) is 24.4 Å². The van der Waals surface area contributed by atoms with Crippen LogP contribution in [0.3, 0.4) is 0 Å². The Bertz CT molecular complexity index is 502. The van der Waals surface area contributed by atoms with E-state index in [9.17, 15) is 8.78 Å². The Morgan fingerprint density at radius 3 is 1.73 bits per heavy atom. The zero-order valence-electron chi connectivity index (χ0n) is 16.5. The van der Waals surface area contributed by atoms with Gasteiger partial charge in [-0.15, -0.1) is 0 Å². The maximum absolute atomic E-state index is 14.6. The molecule has 0 aliphatic rings. The second kappa shape index (κ2) is 11.3. The Balaban J connectivity index is 2.59. The molecule has 1 rings (SSSR count). The van der Waals surface area contributed by atoms with Crippen molar-refractivity contribution in [1.29, 1.82) is 0 Å². The van der Waals surface area contributed by atoms with E-state index in [1.54, 1.807) is 0 Å². The van der Waals surface area contributed by atoms with Crippen molar-refractivity contribution >= 4 is 45.1 Å². The molecule has 0 aliphatic heterocycles. The van der Waals surface area contributed by atoms with Crippen LogP contribution in [0.5, 0.6) is 0 Å². The SMILES string of the molecule is CCCCCCCCCCCC(Br)(C(F)(F)Br)[Si](C)(C)c1ccccc1. The average molecular weight is 512 g/mol. The van der Waals surface area contributed by atoms with Crippen LogP contribution in [0.25, 0.3) is 0 Å². The summed E-state index contributed by atoms with van der Waals surface area (Å²) in [4.78, 5) is -2.92. The van der Waals surface area contributed by atoms with E-state index in [1.165, 1.54) is 38.5 Å². The van der Waals surface area contributed by atoms with E-state index in [4.69, 9.17) is 0 Å². The maximum Gasteiger partial charge on any atom is 0.314 e. The molecule has 0 amide bonds. The van der Waals surface area contributed by atoms with Crippen LogP contribution in [0, 0.1) is 0 Å². The lowest BCUT2D eigenvalue weighted by atomic mass is 10.1. The van der Waals surface area contributed by atoms with E-state index in [1.807, 2.05) is 43.4 Å². The molecule has 0 N–H and O–H groups in total. The van der Waals surface area contributed by atoms with Crippen molar-refractivity contribution in [2.24, 2.45) is 0 Å². The quantitative estimate of drug-likeness (QED) is 0.142. The fourth-order valence-electron chi connectivity index (χ4n) is 3.57. The summed E-state index contributed by atoms with van der Waals surface area (Å²) in [7, 11) is -2.44. The first-order valence-corrected chi connectivity index (χ1v) is 14.6. The summed E-state index contributed by atoms with van der Waals surface area (Å²) in [6.45, 7) is 6.31. The van der Waals surface area contributed by atoms with Crippen molar-refractivity contribution < 1.29 is 8.78 Å². The third kappa shape index (κ3) is 6.70. The number of rotatable bonds is 13. The van der Waals surface area contributed by atoms with Crippen LogP contribution in [0.15, 0.2) is 30.3 Å². The lowest BCUT2D eigenvalue weighted by Gasteiger charge is -2.44. The summed E-state index contributed by atoms with van der Waals surface area (Å²) in [5.41, 5.74) is 0. The van der Waals surface area contributed by atoms with Crippen LogP contribution >= 0.6 is 31.9 Å². The van der Waals surface area contributed by atoms with Crippen LogP contribution in [0.4, 0.5) is 8.78 Å². The van der Waals surface area contributed by atoms with Gasteiger partial charge < -0.3 is 0 Å². The molecule has 1 aromatic carbocycles. The first-order chi connectivity index (χ1) is 12.2. The van der Waals surface area contributed by atoms with E-state index < -0.39 is 16.9 Å². The van der Waals surface area contributed by atoms with Crippen LogP contribution in [0.2, 0.25) is 13.1 Å². The first-order valence-electron chi connectivity index (χ1n) is 9.98. The van der Waals surface area contributed by atoms with Crippen molar-refractivity contribution in [3.63, 3.8) is 0 Å². The first kappa shape index (κ1) is 24.3. The van der Waals surface area contributed by atoms with E-state index in [0.29, 0.717) is 6.42 Å². The standard InChI is InChI=1S/C21H34Br2F2Si/c1-4-5-6-7-8-9-10-11-15-18-20(22,21(23,24)25)26(2,3)19-16-13-12-14-17-19/h12-14,16-17H,4-11,15,18H2,1-3H3. The lowest BCUT2D eigenvalue weighted by Crippen LogP contribution is -2.65. The molecule has 1 aromatic rings. The van der Waals surface area contributed by atoms with Gasteiger partial charge in [-0.1, -0.05) is 129 Å². The molecular weight excluding hydrogens is 478 g/mol. The molecule has 0 radical (unpaired) electrons. The summed E-state index contributed by atoms with van der Waals surface area (Å²) in [5, 5.41) is 1.06. The fraction of sp³-hybridized carbons (Fsp3) is 0.714. The third-order valence-corrected chi connectivity index (χ3v) is 15.3. The van der Waals surface area contributed by atoms with Crippen molar-refractivity contribution in [1.82, 2.24) is 0 Å². The molecule has 0 fully saturated rings. The summed E-state index contributed by atoms with van der Waals surface area (Å²) in [6.07, 6.45) is 11.2. The predicted octanol–water partition coefficient (Wildman–Crippen LogP) is 8.18. The van der Waals surface area contributed by atoms with Gasteiger partial charge in [-0.25, -0.2) is 0 Å². The van der Waals surface area contributed by atoms with E-state index in [-0.39, 0.29) is 0 Å². The number of hydrogen-bond donors (Lipinski definition) is 0. The average Bonchev–Trinajstić information content (AvgIpc) is 2.59. The molecular formula is C21H34Br2F2Si. The number of alkyl halides is 4. The van der Waals surface area contributed by atoms with Crippen molar-refractivity contribution in [3.8, 4) is 0 Å². The van der Waals surface area contributed by atoms with Gasteiger partial charge in [-0.3, -0.25) is 0 Å². The second-order valence-corrected chi connectivity index (χ2v) is 15.6. The Morgan fingerprint density at radius 2 is 1.27 bits per heavy atom. The van der Waals surface area contributed by atoms with Gasteiger partial charge in [0.25, 0.3) is 0 Å². The van der Waals surface area contributed by atoms with E-state index in [2.05, 4.69) is 38.8 Å². The minimum Gasteiger partial charge on any atom is -0.193 e. The molecule has 0 saturated carbocycles. The molecule has 0 nitrogen and oxygen atoms in total. The number of hydrogen-bond acceptors (Lipinski definition) is 0. The van der Waals surface area contributed by atoms with Crippen LogP contribution in [-0.2, 0) is 0 Å². The highest BCUT2D eigenvalue weighted by Crippen LogP contribution is 2.50. The largest absolute Gasteiger partial charge is 0.314 e. The minimum absolute atomic E-state index is 0.495. The minimum atomic E-state index is -2.92. The normalized spacial score (nSPS) is 15.0. The van der Waals surface area contributed by atoms with Crippen molar-refractivity contribution in [3.05, 3.63) is 30.3 Å². The van der Waals surface area contributed by atoms with Gasteiger partial charge in [0.05, 0.1) is 3.95 Å².